The molecule has 2 aromatic carbocycles. The number of carbonyl (C=O) groups excluding carboxylic acids is 3. The van der Waals surface area contributed by atoms with Gasteiger partial charge in [-0.15, -0.1) is 0 Å². The maximum absolute atomic E-state index is 12.9. The number of aryl methyl sites for hydroxylation is 1. The molecule has 32 heavy (non-hydrogen) atoms. The molecule has 1 saturated heterocycles. The van der Waals surface area contributed by atoms with Gasteiger partial charge in [-0.1, -0.05) is 42.5 Å². The summed E-state index contributed by atoms with van der Waals surface area (Å²) < 4.78 is 11.6. The number of urea groups is 1. The lowest BCUT2D eigenvalue weighted by Gasteiger charge is -2.21. The summed E-state index contributed by atoms with van der Waals surface area (Å²) in [6, 6.07) is 14.6. The van der Waals surface area contributed by atoms with Crippen molar-refractivity contribution in [3.63, 3.8) is 0 Å². The summed E-state index contributed by atoms with van der Waals surface area (Å²) in [4.78, 5) is 37.7. The van der Waals surface area contributed by atoms with Gasteiger partial charge >= 0.3 is 6.03 Å². The fourth-order valence-electron chi connectivity index (χ4n) is 4.00. The van der Waals surface area contributed by atoms with Crippen molar-refractivity contribution in [2.24, 2.45) is 0 Å². The van der Waals surface area contributed by atoms with E-state index in [1.807, 2.05) is 56.3 Å². The molecule has 2 aliphatic rings. The van der Waals surface area contributed by atoms with E-state index in [-0.39, 0.29) is 12.2 Å². The first-order chi connectivity index (χ1) is 15.2. The molecule has 0 aliphatic carbocycles. The van der Waals surface area contributed by atoms with Gasteiger partial charge in [0, 0.05) is 12.0 Å². The Bertz CT molecular complexity index is 1050. The number of amides is 4. The topological polar surface area (TPSA) is 97.0 Å². The van der Waals surface area contributed by atoms with E-state index >= 15 is 0 Å². The molecule has 8 nitrogen and oxygen atoms in total. The van der Waals surface area contributed by atoms with Gasteiger partial charge in [0.1, 0.15) is 11.1 Å². The largest absolute Gasteiger partial charge is 0.483 e. The first kappa shape index (κ1) is 21.7. The summed E-state index contributed by atoms with van der Waals surface area (Å²) in [5.74, 6) is -0.0463. The molecule has 0 spiro atoms. The van der Waals surface area contributed by atoms with E-state index in [0.29, 0.717) is 24.3 Å². The third-order valence-electron chi connectivity index (χ3n) is 5.67. The average Bonchev–Trinajstić information content (AvgIpc) is 3.18. The number of hydrazine groups is 1. The lowest BCUT2D eigenvalue weighted by atomic mass is 9.93. The van der Waals surface area contributed by atoms with Gasteiger partial charge < -0.3 is 14.8 Å². The molecule has 0 radical (unpaired) electrons. The molecule has 4 rings (SSSR count). The van der Waals surface area contributed by atoms with Crippen molar-refractivity contribution >= 4 is 17.8 Å². The van der Waals surface area contributed by atoms with Crippen LogP contribution < -0.4 is 20.2 Å². The number of ether oxygens (including phenoxy) is 2. The van der Waals surface area contributed by atoms with E-state index in [1.165, 1.54) is 0 Å². The number of hydrogen-bond acceptors (Lipinski definition) is 5. The molecule has 0 unspecified atom stereocenters. The summed E-state index contributed by atoms with van der Waals surface area (Å²) in [5, 5.41) is 3.41. The Morgan fingerprint density at radius 2 is 1.88 bits per heavy atom. The highest BCUT2D eigenvalue weighted by molar-refractivity contribution is 6.07. The molecular weight excluding hydrogens is 410 g/mol. The molecule has 8 heteroatoms. The molecule has 1 atom stereocenters. The zero-order valence-corrected chi connectivity index (χ0v) is 18.4. The van der Waals surface area contributed by atoms with Crippen LogP contribution in [0.1, 0.15) is 38.3 Å². The summed E-state index contributed by atoms with van der Waals surface area (Å²) in [7, 11) is 0. The Labute approximate surface area is 186 Å². The highest BCUT2D eigenvalue weighted by Gasteiger charge is 2.48. The van der Waals surface area contributed by atoms with Crippen molar-refractivity contribution < 1.29 is 23.9 Å². The third-order valence-corrected chi connectivity index (χ3v) is 5.67. The number of benzene rings is 2. The Balaban J connectivity index is 1.34. The van der Waals surface area contributed by atoms with Crippen LogP contribution in [0.15, 0.2) is 48.5 Å². The van der Waals surface area contributed by atoms with Crippen LogP contribution in [0, 0.1) is 0 Å². The van der Waals surface area contributed by atoms with Crippen LogP contribution in [0.3, 0.4) is 0 Å². The molecule has 0 bridgehead atoms. The van der Waals surface area contributed by atoms with Crippen molar-refractivity contribution in [1.29, 1.82) is 0 Å². The Morgan fingerprint density at radius 1 is 1.12 bits per heavy atom. The Kier molecular flexibility index (Phi) is 5.54. The molecule has 0 aromatic heterocycles. The van der Waals surface area contributed by atoms with Gasteiger partial charge in [-0.25, -0.2) is 4.79 Å². The maximum atomic E-state index is 12.9. The number of hydrogen-bond donors (Lipinski definition) is 2. The quantitative estimate of drug-likeness (QED) is 0.650. The Morgan fingerprint density at radius 3 is 2.62 bits per heavy atom. The molecule has 2 N–H and O–H groups in total. The number of rotatable bonds is 7. The van der Waals surface area contributed by atoms with Gasteiger partial charge in [-0.3, -0.25) is 15.0 Å². The molecule has 2 heterocycles. The number of nitrogens with one attached hydrogen (secondary N) is 2. The lowest BCUT2D eigenvalue weighted by molar-refractivity contribution is -0.139. The molecule has 168 valence electrons. The second-order valence-electron chi connectivity index (χ2n) is 9.00. The van der Waals surface area contributed by atoms with E-state index in [0.717, 1.165) is 22.6 Å². The summed E-state index contributed by atoms with van der Waals surface area (Å²) in [5.41, 5.74) is 2.99. The molecule has 2 aromatic rings. The second-order valence-corrected chi connectivity index (χ2v) is 9.00. The van der Waals surface area contributed by atoms with E-state index in [1.54, 1.807) is 13.0 Å². The van der Waals surface area contributed by atoms with E-state index < -0.39 is 23.4 Å². The molecule has 2 aliphatic heterocycles. The zero-order valence-electron chi connectivity index (χ0n) is 18.4. The lowest BCUT2D eigenvalue weighted by Crippen LogP contribution is -2.50. The Hall–Kier alpha value is -3.55. The van der Waals surface area contributed by atoms with E-state index in [4.69, 9.17) is 9.47 Å². The number of nitrogens with zero attached hydrogens (tertiary/aromatic N) is 1. The molecular formula is C24H27N3O5. The monoisotopic (exact) mass is 437 g/mol. The minimum Gasteiger partial charge on any atom is -0.483 e. The predicted octanol–water partition coefficient (Wildman–Crippen LogP) is 2.75. The summed E-state index contributed by atoms with van der Waals surface area (Å²) in [6.45, 7) is 5.26. The van der Waals surface area contributed by atoms with Crippen LogP contribution >= 0.6 is 0 Å². The number of carbonyl (C=O) groups is 3. The summed E-state index contributed by atoms with van der Waals surface area (Å²) in [6.07, 6.45) is 1.77. The predicted molar refractivity (Wildman–Crippen MR) is 117 cm³/mol. The smallest absolute Gasteiger partial charge is 0.344 e. The highest BCUT2D eigenvalue weighted by Crippen LogP contribution is 2.41. The summed E-state index contributed by atoms with van der Waals surface area (Å²) >= 11 is 0. The standard InChI is InChI=1S/C24H27N3O5/c1-23(2)14-17-10-7-11-18(20(17)32-23)31-15-19(28)26-27-21(29)24(3,25-22(27)30)13-12-16-8-5-4-6-9-16/h4-11H,12-15H2,1-3H3,(H,25,30)(H,26,28)/t24-/m0/s1. The zero-order chi connectivity index (χ0) is 22.9. The SMILES string of the molecule is CC1(C)Cc2cccc(OCC(=O)NN3C(=O)N[C@@](C)(CCc4ccccc4)C3=O)c2O1. The fourth-order valence-corrected chi connectivity index (χ4v) is 4.00. The second kappa shape index (κ2) is 8.18. The van der Waals surface area contributed by atoms with Crippen LogP contribution in [-0.4, -0.2) is 40.6 Å². The van der Waals surface area contributed by atoms with Gasteiger partial charge in [0.15, 0.2) is 18.1 Å². The van der Waals surface area contributed by atoms with Crippen LogP contribution in [0.2, 0.25) is 0 Å². The van der Waals surface area contributed by atoms with Crippen molar-refractivity contribution in [3.8, 4) is 11.5 Å². The average molecular weight is 437 g/mol. The molecule has 4 amide bonds. The van der Waals surface area contributed by atoms with Gasteiger partial charge in [0.05, 0.1) is 0 Å². The van der Waals surface area contributed by atoms with Gasteiger partial charge in [-0.05, 0) is 45.2 Å². The normalized spacial score (nSPS) is 21.0. The van der Waals surface area contributed by atoms with Crippen molar-refractivity contribution in [2.75, 3.05) is 6.61 Å². The highest BCUT2D eigenvalue weighted by atomic mass is 16.5. The number of fused-ring (bicyclic) bond motifs is 1. The van der Waals surface area contributed by atoms with Crippen LogP contribution in [0.4, 0.5) is 4.79 Å². The van der Waals surface area contributed by atoms with Crippen molar-refractivity contribution in [2.45, 2.75) is 51.2 Å². The van der Waals surface area contributed by atoms with Crippen LogP contribution in [0.5, 0.6) is 11.5 Å². The first-order valence-electron chi connectivity index (χ1n) is 10.6. The van der Waals surface area contributed by atoms with Crippen molar-refractivity contribution in [1.82, 2.24) is 15.8 Å². The fraction of sp³-hybridized carbons (Fsp3) is 0.375. The van der Waals surface area contributed by atoms with Crippen LogP contribution in [-0.2, 0) is 22.4 Å². The molecule has 0 saturated carbocycles. The maximum Gasteiger partial charge on any atom is 0.344 e. The van der Waals surface area contributed by atoms with Crippen LogP contribution in [0.25, 0.3) is 0 Å². The number of imide groups is 1. The minimum absolute atomic E-state index is 0.339. The van der Waals surface area contributed by atoms with Gasteiger partial charge in [-0.2, -0.15) is 5.01 Å². The van der Waals surface area contributed by atoms with Gasteiger partial charge in [0.2, 0.25) is 0 Å². The van der Waals surface area contributed by atoms with Crippen molar-refractivity contribution in [3.05, 3.63) is 59.7 Å². The minimum atomic E-state index is -1.10. The first-order valence-corrected chi connectivity index (χ1v) is 10.6. The third kappa shape index (κ3) is 4.39. The van der Waals surface area contributed by atoms with E-state index in [9.17, 15) is 14.4 Å². The molecule has 1 fully saturated rings. The van der Waals surface area contributed by atoms with Gasteiger partial charge in [0.25, 0.3) is 11.8 Å². The number of para-hydroxylation sites is 1. The van der Waals surface area contributed by atoms with E-state index in [2.05, 4.69) is 10.7 Å².